The quantitative estimate of drug-likeness (QED) is 0.787. The zero-order chi connectivity index (χ0) is 11.2. The molecule has 0 bridgehead atoms. The predicted molar refractivity (Wildman–Crippen MR) is 60.9 cm³/mol. The number of rotatable bonds is 3. The van der Waals surface area contributed by atoms with Crippen LogP contribution in [0.2, 0.25) is 0 Å². The first kappa shape index (κ1) is 10.8. The van der Waals surface area contributed by atoms with Gasteiger partial charge in [-0.15, -0.1) is 5.10 Å². The van der Waals surface area contributed by atoms with Crippen LogP contribution in [0.5, 0.6) is 0 Å². The minimum Gasteiger partial charge on any atom is -0.366 e. The Labute approximate surface area is 94.9 Å². The van der Waals surface area contributed by atoms with Crippen LogP contribution in [0, 0.1) is 11.3 Å². The summed E-state index contributed by atoms with van der Waals surface area (Å²) in [7, 11) is 0. The first-order valence-corrected chi connectivity index (χ1v) is 5.59. The van der Waals surface area contributed by atoms with Crippen molar-refractivity contribution in [3.8, 4) is 6.07 Å². The Balaban J connectivity index is 1.91. The molecule has 0 spiro atoms. The van der Waals surface area contributed by atoms with E-state index >= 15 is 0 Å². The average Bonchev–Trinajstić information content (AvgIpc) is 2.38. The van der Waals surface area contributed by atoms with Crippen molar-refractivity contribution >= 4 is 5.82 Å². The molecule has 0 aromatic carbocycles. The van der Waals surface area contributed by atoms with Gasteiger partial charge in [-0.3, -0.25) is 0 Å². The van der Waals surface area contributed by atoms with Crippen molar-refractivity contribution in [3.63, 3.8) is 0 Å². The molecule has 84 valence electrons. The Kier molecular flexibility index (Phi) is 3.67. The lowest BCUT2D eigenvalue weighted by Crippen LogP contribution is -2.39. The molecule has 1 aromatic heterocycles. The maximum Gasteiger partial charge on any atom is 0.166 e. The smallest absolute Gasteiger partial charge is 0.166 e. The van der Waals surface area contributed by atoms with Crippen molar-refractivity contribution in [2.75, 3.05) is 18.4 Å². The summed E-state index contributed by atoms with van der Waals surface area (Å²) in [5, 5.41) is 23.2. The number of nitrogens with one attached hydrogen (secondary N) is 2. The van der Waals surface area contributed by atoms with Crippen LogP contribution in [-0.2, 0) is 0 Å². The number of nitrogens with zero attached hydrogens (tertiary/aromatic N) is 3. The zero-order valence-electron chi connectivity index (χ0n) is 9.11. The van der Waals surface area contributed by atoms with Crippen LogP contribution < -0.4 is 10.6 Å². The summed E-state index contributed by atoms with van der Waals surface area (Å²) < 4.78 is 0. The highest BCUT2D eigenvalue weighted by Gasteiger charge is 2.13. The molecule has 2 heterocycles. The maximum atomic E-state index is 8.88. The van der Waals surface area contributed by atoms with Gasteiger partial charge in [0, 0.05) is 12.6 Å². The van der Waals surface area contributed by atoms with E-state index in [1.807, 2.05) is 0 Å². The van der Waals surface area contributed by atoms with Crippen molar-refractivity contribution in [2.45, 2.75) is 25.3 Å². The Morgan fingerprint density at radius 1 is 1.56 bits per heavy atom. The number of anilines is 1. The molecule has 1 unspecified atom stereocenters. The molecule has 0 amide bonds. The largest absolute Gasteiger partial charge is 0.366 e. The number of nitriles is 1. The van der Waals surface area contributed by atoms with Crippen LogP contribution in [0.4, 0.5) is 5.82 Å². The number of hydrogen-bond donors (Lipinski definition) is 2. The van der Waals surface area contributed by atoms with E-state index in [1.165, 1.54) is 25.5 Å². The first-order valence-electron chi connectivity index (χ1n) is 5.59. The highest BCUT2D eigenvalue weighted by atomic mass is 15.2. The summed E-state index contributed by atoms with van der Waals surface area (Å²) >= 11 is 0. The van der Waals surface area contributed by atoms with Gasteiger partial charge < -0.3 is 10.6 Å². The van der Waals surface area contributed by atoms with E-state index in [9.17, 15) is 0 Å². The van der Waals surface area contributed by atoms with Gasteiger partial charge in [0.1, 0.15) is 6.07 Å². The molecule has 2 N–H and O–H groups in total. The van der Waals surface area contributed by atoms with Crippen molar-refractivity contribution in [1.82, 2.24) is 15.5 Å². The van der Waals surface area contributed by atoms with Gasteiger partial charge >= 0.3 is 0 Å². The third-order valence-electron chi connectivity index (χ3n) is 2.77. The molecule has 2 rings (SSSR count). The summed E-state index contributed by atoms with van der Waals surface area (Å²) in [5.41, 5.74) is 0.547. The van der Waals surface area contributed by atoms with Crippen LogP contribution in [-0.4, -0.2) is 29.3 Å². The molecular formula is C11H15N5. The SMILES string of the molecule is N#Cc1ccnnc1NCC1CCCCN1. The minimum absolute atomic E-state index is 0.474. The lowest BCUT2D eigenvalue weighted by molar-refractivity contribution is 0.414. The molecule has 5 heteroatoms. The van der Waals surface area contributed by atoms with Gasteiger partial charge in [-0.05, 0) is 25.5 Å². The summed E-state index contributed by atoms with van der Waals surface area (Å²) in [6.07, 6.45) is 5.23. The molecule has 1 fully saturated rings. The van der Waals surface area contributed by atoms with E-state index in [4.69, 9.17) is 5.26 Å². The molecule has 0 radical (unpaired) electrons. The predicted octanol–water partition coefficient (Wildman–Crippen LogP) is 0.902. The van der Waals surface area contributed by atoms with Gasteiger partial charge in [0.2, 0.25) is 0 Å². The number of piperidine rings is 1. The fraction of sp³-hybridized carbons (Fsp3) is 0.545. The second kappa shape index (κ2) is 5.42. The zero-order valence-corrected chi connectivity index (χ0v) is 9.11. The topological polar surface area (TPSA) is 73.6 Å². The molecule has 0 aliphatic carbocycles. The normalized spacial score (nSPS) is 20.1. The van der Waals surface area contributed by atoms with E-state index in [0.717, 1.165) is 13.1 Å². The van der Waals surface area contributed by atoms with Crippen molar-refractivity contribution < 1.29 is 0 Å². The van der Waals surface area contributed by atoms with Crippen molar-refractivity contribution in [2.24, 2.45) is 0 Å². The van der Waals surface area contributed by atoms with E-state index in [2.05, 4.69) is 26.9 Å². The Bertz CT molecular complexity index is 378. The Morgan fingerprint density at radius 2 is 2.50 bits per heavy atom. The Morgan fingerprint density at radius 3 is 3.25 bits per heavy atom. The molecule has 1 atom stereocenters. The van der Waals surface area contributed by atoms with Gasteiger partial charge in [-0.25, -0.2) is 0 Å². The first-order chi connectivity index (χ1) is 7.90. The van der Waals surface area contributed by atoms with E-state index < -0.39 is 0 Å². The number of hydrogen-bond acceptors (Lipinski definition) is 5. The molecule has 1 aliphatic heterocycles. The van der Waals surface area contributed by atoms with E-state index in [0.29, 0.717) is 17.4 Å². The summed E-state index contributed by atoms with van der Waals surface area (Å²) in [4.78, 5) is 0. The van der Waals surface area contributed by atoms with Gasteiger partial charge in [-0.2, -0.15) is 10.4 Å². The minimum atomic E-state index is 0.474. The van der Waals surface area contributed by atoms with Crippen LogP contribution >= 0.6 is 0 Å². The summed E-state index contributed by atoms with van der Waals surface area (Å²) in [6.45, 7) is 1.88. The van der Waals surface area contributed by atoms with Crippen LogP contribution in [0.25, 0.3) is 0 Å². The Hall–Kier alpha value is -1.67. The lowest BCUT2D eigenvalue weighted by atomic mass is 10.1. The summed E-state index contributed by atoms with van der Waals surface area (Å²) in [5.74, 6) is 0.581. The van der Waals surface area contributed by atoms with Crippen molar-refractivity contribution in [1.29, 1.82) is 5.26 Å². The third kappa shape index (κ3) is 2.67. The molecular weight excluding hydrogens is 202 g/mol. The lowest BCUT2D eigenvalue weighted by Gasteiger charge is -2.23. The van der Waals surface area contributed by atoms with Crippen LogP contribution in [0.1, 0.15) is 24.8 Å². The van der Waals surface area contributed by atoms with Crippen molar-refractivity contribution in [3.05, 3.63) is 17.8 Å². The van der Waals surface area contributed by atoms with E-state index in [-0.39, 0.29) is 0 Å². The van der Waals surface area contributed by atoms with Gasteiger partial charge in [0.15, 0.2) is 5.82 Å². The fourth-order valence-electron chi connectivity index (χ4n) is 1.87. The fourth-order valence-corrected chi connectivity index (χ4v) is 1.87. The second-order valence-electron chi connectivity index (χ2n) is 3.93. The molecule has 5 nitrogen and oxygen atoms in total. The third-order valence-corrected chi connectivity index (χ3v) is 2.77. The maximum absolute atomic E-state index is 8.88. The van der Waals surface area contributed by atoms with E-state index in [1.54, 1.807) is 6.07 Å². The van der Waals surface area contributed by atoms with Gasteiger partial charge in [-0.1, -0.05) is 6.42 Å². The second-order valence-corrected chi connectivity index (χ2v) is 3.93. The highest BCUT2D eigenvalue weighted by Crippen LogP contribution is 2.11. The van der Waals surface area contributed by atoms with Crippen LogP contribution in [0.15, 0.2) is 12.3 Å². The monoisotopic (exact) mass is 217 g/mol. The van der Waals surface area contributed by atoms with Gasteiger partial charge in [0.25, 0.3) is 0 Å². The molecule has 0 saturated carbocycles. The molecule has 16 heavy (non-hydrogen) atoms. The summed E-state index contributed by atoms with van der Waals surface area (Å²) in [6, 6.07) is 4.24. The molecule has 1 saturated heterocycles. The standard InChI is InChI=1S/C11H15N5/c12-7-9-4-6-15-16-11(9)14-8-10-3-1-2-5-13-10/h4,6,10,13H,1-3,5,8H2,(H,14,16). The van der Waals surface area contributed by atoms with Crippen LogP contribution in [0.3, 0.4) is 0 Å². The molecule has 1 aliphatic rings. The molecule has 1 aromatic rings. The number of aromatic nitrogens is 2. The highest BCUT2D eigenvalue weighted by molar-refractivity contribution is 5.50. The van der Waals surface area contributed by atoms with Gasteiger partial charge in [0.05, 0.1) is 11.8 Å². The average molecular weight is 217 g/mol.